The molecule has 0 saturated carbocycles. The van der Waals surface area contributed by atoms with Crippen LogP contribution in [0.15, 0.2) is 23.0 Å². The SMILES string of the molecule is CC(C)NCc1cc2cc3c(cc2n1C)CCCc1c-3[nH]c(=O)c(OC(=O)O)c1O. The molecule has 0 saturated heterocycles. The lowest BCUT2D eigenvalue weighted by Crippen LogP contribution is -2.22. The van der Waals surface area contributed by atoms with Crippen molar-refractivity contribution in [2.45, 2.75) is 45.7 Å². The summed E-state index contributed by atoms with van der Waals surface area (Å²) in [5, 5.41) is 23.9. The minimum atomic E-state index is -1.64. The Hall–Kier alpha value is -3.26. The molecule has 0 bridgehead atoms. The molecule has 1 aliphatic carbocycles. The van der Waals surface area contributed by atoms with Gasteiger partial charge in [-0.2, -0.15) is 0 Å². The van der Waals surface area contributed by atoms with E-state index >= 15 is 0 Å². The van der Waals surface area contributed by atoms with Gasteiger partial charge in [-0.3, -0.25) is 4.79 Å². The van der Waals surface area contributed by atoms with Crippen molar-refractivity contribution >= 4 is 17.1 Å². The molecule has 0 spiro atoms. The number of H-pyrrole nitrogens is 1. The highest BCUT2D eigenvalue weighted by atomic mass is 16.7. The summed E-state index contributed by atoms with van der Waals surface area (Å²) in [4.78, 5) is 26.1. The van der Waals surface area contributed by atoms with E-state index in [1.807, 2.05) is 13.1 Å². The first-order valence-corrected chi connectivity index (χ1v) is 10.00. The van der Waals surface area contributed by atoms with Crippen LogP contribution < -0.4 is 15.6 Å². The Balaban J connectivity index is 1.88. The molecule has 4 N–H and O–H groups in total. The first-order valence-electron chi connectivity index (χ1n) is 10.00. The highest BCUT2D eigenvalue weighted by Gasteiger charge is 2.25. The molecule has 0 fully saturated rings. The maximum Gasteiger partial charge on any atom is 0.511 e. The molecule has 3 aromatic rings. The van der Waals surface area contributed by atoms with Gasteiger partial charge < -0.3 is 29.8 Å². The summed E-state index contributed by atoms with van der Waals surface area (Å²) in [6, 6.07) is 6.66. The van der Waals surface area contributed by atoms with Gasteiger partial charge in [0.05, 0.1) is 5.69 Å². The number of aryl methyl sites for hydroxylation is 2. The van der Waals surface area contributed by atoms with Crippen LogP contribution in [0.1, 0.15) is 37.1 Å². The summed E-state index contributed by atoms with van der Waals surface area (Å²) in [6.07, 6.45) is 0.395. The van der Waals surface area contributed by atoms with E-state index in [0.29, 0.717) is 23.7 Å². The second-order valence-electron chi connectivity index (χ2n) is 8.01. The Kier molecular flexibility index (Phi) is 5.03. The number of ether oxygens (including phenoxy) is 1. The number of fused-ring (bicyclic) bond motifs is 4. The standard InChI is InChI=1S/C22H25N3O5/c1-11(2)23-10-14-7-13-8-16-12(9-17(13)25(14)3)5-4-6-15-18(16)24-21(27)20(19(15)26)30-22(28)29/h7-9,11,23H,4-6,10H2,1-3H3,(H,28,29)(H2,24,26,27). The van der Waals surface area contributed by atoms with Crippen LogP contribution in [0, 0.1) is 0 Å². The van der Waals surface area contributed by atoms with E-state index in [0.717, 1.165) is 47.1 Å². The fourth-order valence-electron chi connectivity index (χ4n) is 4.12. The fourth-order valence-corrected chi connectivity index (χ4v) is 4.12. The van der Waals surface area contributed by atoms with Gasteiger partial charge in [0.1, 0.15) is 0 Å². The van der Waals surface area contributed by atoms with Gasteiger partial charge in [0.25, 0.3) is 5.56 Å². The second kappa shape index (κ2) is 7.53. The lowest BCUT2D eigenvalue weighted by molar-refractivity contribution is 0.142. The molecule has 1 aromatic carbocycles. The average Bonchev–Trinajstić information content (AvgIpc) is 2.87. The maximum atomic E-state index is 12.4. The van der Waals surface area contributed by atoms with Gasteiger partial charge in [0, 0.05) is 47.4 Å². The van der Waals surface area contributed by atoms with Crippen molar-refractivity contribution in [3.63, 3.8) is 0 Å². The number of nitrogens with one attached hydrogen (secondary N) is 2. The monoisotopic (exact) mass is 411 g/mol. The summed E-state index contributed by atoms with van der Waals surface area (Å²) in [5.74, 6) is -0.980. The molecule has 2 heterocycles. The predicted octanol–water partition coefficient (Wildman–Crippen LogP) is 3.28. The molecule has 0 amide bonds. The van der Waals surface area contributed by atoms with Gasteiger partial charge in [0.2, 0.25) is 5.75 Å². The van der Waals surface area contributed by atoms with Crippen molar-refractivity contribution in [2.75, 3.05) is 0 Å². The second-order valence-corrected chi connectivity index (χ2v) is 8.01. The number of aromatic hydroxyl groups is 1. The van der Waals surface area contributed by atoms with Crippen LogP contribution in [-0.4, -0.2) is 32.0 Å². The molecule has 2 aromatic heterocycles. The van der Waals surface area contributed by atoms with E-state index in [4.69, 9.17) is 5.11 Å². The molecule has 0 aliphatic heterocycles. The summed E-state index contributed by atoms with van der Waals surface area (Å²) in [5.41, 5.74) is 4.44. The number of benzene rings is 1. The smallest absolute Gasteiger partial charge is 0.504 e. The van der Waals surface area contributed by atoms with Crippen molar-refractivity contribution in [3.05, 3.63) is 45.4 Å². The Morgan fingerprint density at radius 2 is 2.07 bits per heavy atom. The van der Waals surface area contributed by atoms with Crippen molar-refractivity contribution in [1.29, 1.82) is 0 Å². The summed E-state index contributed by atoms with van der Waals surface area (Å²) in [7, 11) is 2.04. The third-order valence-electron chi connectivity index (χ3n) is 5.64. The van der Waals surface area contributed by atoms with Crippen molar-refractivity contribution in [3.8, 4) is 22.8 Å². The number of pyridine rings is 1. The number of carbonyl (C=O) groups is 1. The van der Waals surface area contributed by atoms with Crippen LogP contribution in [-0.2, 0) is 26.4 Å². The van der Waals surface area contributed by atoms with E-state index in [-0.39, 0.29) is 0 Å². The zero-order valence-corrected chi connectivity index (χ0v) is 17.2. The third-order valence-corrected chi connectivity index (χ3v) is 5.64. The van der Waals surface area contributed by atoms with Gasteiger partial charge in [0.15, 0.2) is 5.75 Å². The average molecular weight is 411 g/mol. The van der Waals surface area contributed by atoms with E-state index in [2.05, 4.69) is 45.6 Å². The van der Waals surface area contributed by atoms with E-state index < -0.39 is 23.2 Å². The van der Waals surface area contributed by atoms with Crippen molar-refractivity contribution in [1.82, 2.24) is 14.9 Å². The van der Waals surface area contributed by atoms with E-state index in [1.165, 1.54) is 0 Å². The zero-order valence-electron chi connectivity index (χ0n) is 17.2. The summed E-state index contributed by atoms with van der Waals surface area (Å²) in [6.45, 7) is 4.96. The van der Waals surface area contributed by atoms with Crippen LogP contribution in [0.25, 0.3) is 22.2 Å². The first kappa shape index (κ1) is 20.0. The Bertz CT molecular complexity index is 1210. The third kappa shape index (κ3) is 3.43. The van der Waals surface area contributed by atoms with Gasteiger partial charge in [-0.15, -0.1) is 0 Å². The minimum absolute atomic E-state index is 0.377. The normalized spacial score (nSPS) is 13.2. The van der Waals surface area contributed by atoms with E-state index in [1.54, 1.807) is 0 Å². The molecule has 8 heteroatoms. The van der Waals surface area contributed by atoms with Crippen LogP contribution in [0.4, 0.5) is 4.79 Å². The topological polar surface area (TPSA) is 117 Å². The van der Waals surface area contributed by atoms with Crippen LogP contribution in [0.2, 0.25) is 0 Å². The zero-order chi connectivity index (χ0) is 21.6. The molecule has 8 nitrogen and oxygen atoms in total. The molecule has 0 unspecified atom stereocenters. The molecule has 4 rings (SSSR count). The number of hydrogen-bond acceptors (Lipinski definition) is 5. The molecule has 0 radical (unpaired) electrons. The highest BCUT2D eigenvalue weighted by Crippen LogP contribution is 2.40. The Labute approximate surface area is 173 Å². The summed E-state index contributed by atoms with van der Waals surface area (Å²) < 4.78 is 6.69. The lowest BCUT2D eigenvalue weighted by atomic mass is 9.99. The van der Waals surface area contributed by atoms with Gasteiger partial charge in [-0.1, -0.05) is 13.8 Å². The fraction of sp³-hybridized carbons (Fsp3) is 0.364. The molecular formula is C22H25N3O5. The van der Waals surface area contributed by atoms with Crippen molar-refractivity contribution < 1.29 is 19.7 Å². The predicted molar refractivity (Wildman–Crippen MR) is 113 cm³/mol. The summed E-state index contributed by atoms with van der Waals surface area (Å²) >= 11 is 0. The largest absolute Gasteiger partial charge is 0.511 e. The van der Waals surface area contributed by atoms with Crippen LogP contribution in [0.5, 0.6) is 11.5 Å². The minimum Gasteiger partial charge on any atom is -0.504 e. The number of aromatic amines is 1. The molecule has 30 heavy (non-hydrogen) atoms. The number of rotatable bonds is 4. The molecule has 158 valence electrons. The van der Waals surface area contributed by atoms with Gasteiger partial charge >= 0.3 is 6.16 Å². The number of nitrogens with zero attached hydrogens (tertiary/aromatic N) is 1. The molecule has 0 atom stereocenters. The number of carboxylic acid groups (broad SMARTS) is 1. The van der Waals surface area contributed by atoms with Crippen molar-refractivity contribution in [2.24, 2.45) is 7.05 Å². The highest BCUT2D eigenvalue weighted by molar-refractivity contribution is 5.89. The maximum absolute atomic E-state index is 12.4. The lowest BCUT2D eigenvalue weighted by Gasteiger charge is -2.13. The van der Waals surface area contributed by atoms with Crippen LogP contribution >= 0.6 is 0 Å². The quantitative estimate of drug-likeness (QED) is 0.490. The van der Waals surface area contributed by atoms with E-state index in [9.17, 15) is 14.7 Å². The number of aromatic nitrogens is 2. The van der Waals surface area contributed by atoms with Gasteiger partial charge in [-0.25, -0.2) is 4.79 Å². The molecular weight excluding hydrogens is 386 g/mol. The number of hydrogen-bond donors (Lipinski definition) is 4. The van der Waals surface area contributed by atoms with Gasteiger partial charge in [-0.05, 0) is 43.0 Å². The Morgan fingerprint density at radius 1 is 1.30 bits per heavy atom. The molecule has 1 aliphatic rings. The van der Waals surface area contributed by atoms with Crippen LogP contribution in [0.3, 0.4) is 0 Å². The Morgan fingerprint density at radius 3 is 2.77 bits per heavy atom. The first-order chi connectivity index (χ1) is 14.3.